The average Bonchev–Trinajstić information content (AvgIpc) is 4.17. The first-order chi connectivity index (χ1) is 33.6. The Kier molecular flexibility index (Phi) is 15.5. The van der Waals surface area contributed by atoms with E-state index in [2.05, 4.69) is 34.1 Å². The van der Waals surface area contributed by atoms with Crippen LogP contribution in [0.25, 0.3) is 39.3 Å². The Labute approximate surface area is 430 Å². The number of rotatable bonds is 10. The molecule has 0 bridgehead atoms. The number of carbonyl (C=O) groups excluding carboxylic acids is 2. The summed E-state index contributed by atoms with van der Waals surface area (Å²) in [6.07, 6.45) is 4.31. The van der Waals surface area contributed by atoms with E-state index < -0.39 is 0 Å². The van der Waals surface area contributed by atoms with Crippen LogP contribution in [0.1, 0.15) is 26.5 Å². The summed E-state index contributed by atoms with van der Waals surface area (Å²) in [7, 11) is 0. The molecule has 2 amide bonds. The van der Waals surface area contributed by atoms with Crippen molar-refractivity contribution in [3.05, 3.63) is 199 Å². The van der Waals surface area contributed by atoms with Gasteiger partial charge in [-0.3, -0.25) is 14.5 Å². The maximum atomic E-state index is 13.7. The van der Waals surface area contributed by atoms with Crippen LogP contribution in [-0.2, 0) is 0 Å². The molecule has 0 radical (unpaired) electrons. The number of halogens is 5. The van der Waals surface area contributed by atoms with Crippen molar-refractivity contribution in [1.29, 1.82) is 0 Å². The molecule has 2 fully saturated rings. The zero-order chi connectivity index (χ0) is 47.9. The molecule has 8 aromatic rings. The maximum Gasteiger partial charge on any atom is 0.272 e. The molecule has 16 heteroatoms. The second-order valence-corrected chi connectivity index (χ2v) is 19.3. The number of piperazine rings is 2. The van der Waals surface area contributed by atoms with Gasteiger partial charge in [-0.05, 0) is 83.7 Å². The fourth-order valence-electron chi connectivity index (χ4n) is 8.23. The number of aromatic nitrogens is 4. The molecule has 350 valence electrons. The van der Waals surface area contributed by atoms with E-state index >= 15 is 0 Å². The van der Waals surface area contributed by atoms with Crippen LogP contribution in [0, 0.1) is 0 Å². The molecule has 10 rings (SSSR count). The van der Waals surface area contributed by atoms with E-state index in [9.17, 15) is 9.59 Å². The maximum absolute atomic E-state index is 13.7. The van der Waals surface area contributed by atoms with E-state index in [-0.39, 0.29) is 11.8 Å². The van der Waals surface area contributed by atoms with Crippen LogP contribution >= 0.6 is 69.3 Å². The van der Waals surface area contributed by atoms with Crippen LogP contribution in [0.15, 0.2) is 157 Å². The number of carbonyl (C=O) groups is 2. The lowest BCUT2D eigenvalue weighted by Crippen LogP contribution is -2.49. The van der Waals surface area contributed by atoms with Crippen molar-refractivity contribution >= 4 is 92.9 Å². The minimum atomic E-state index is -0.0693. The summed E-state index contributed by atoms with van der Waals surface area (Å²) >= 11 is 33.0. The van der Waals surface area contributed by atoms with Crippen molar-refractivity contribution in [2.24, 2.45) is 0 Å². The van der Waals surface area contributed by atoms with Crippen molar-refractivity contribution in [2.75, 3.05) is 63.8 Å². The largest absolute Gasteiger partial charge is 0.368 e. The highest BCUT2D eigenvalue weighted by Crippen LogP contribution is 2.32. The monoisotopic (exact) mass is 1030 g/mol. The highest BCUT2D eigenvalue weighted by molar-refractivity contribution is 7.13. The predicted molar refractivity (Wildman–Crippen MR) is 283 cm³/mol. The summed E-state index contributed by atoms with van der Waals surface area (Å²) < 4.78 is 3.29. The summed E-state index contributed by atoms with van der Waals surface area (Å²) in [6.45, 7) is 6.42. The van der Waals surface area contributed by atoms with E-state index in [1.807, 2.05) is 130 Å². The van der Waals surface area contributed by atoms with Gasteiger partial charge in [0.1, 0.15) is 17.1 Å². The number of anilines is 1. The smallest absolute Gasteiger partial charge is 0.272 e. The van der Waals surface area contributed by atoms with Crippen molar-refractivity contribution < 1.29 is 9.59 Å². The average molecular weight is 1040 g/mol. The fraction of sp³-hybridized carbons (Fsp3) is 0.170. The van der Waals surface area contributed by atoms with E-state index in [4.69, 9.17) is 68.2 Å². The van der Waals surface area contributed by atoms with Crippen LogP contribution in [-0.4, -0.2) is 105 Å². The normalized spacial score (nSPS) is 14.2. The Bertz CT molecular complexity index is 3090. The van der Waals surface area contributed by atoms with Crippen LogP contribution < -0.4 is 4.90 Å². The predicted octanol–water partition coefficient (Wildman–Crippen LogP) is 12.8. The zero-order valence-electron chi connectivity index (χ0n) is 37.1. The third-order valence-electron chi connectivity index (χ3n) is 11.9. The van der Waals surface area contributed by atoms with Gasteiger partial charge < -0.3 is 14.7 Å². The van der Waals surface area contributed by atoms with Gasteiger partial charge in [0.25, 0.3) is 11.8 Å². The van der Waals surface area contributed by atoms with Crippen LogP contribution in [0.5, 0.6) is 0 Å². The molecule has 5 heterocycles. The fourth-order valence-corrected chi connectivity index (χ4v) is 9.84. The van der Waals surface area contributed by atoms with Crippen molar-refractivity contribution in [1.82, 2.24) is 34.3 Å². The molecule has 69 heavy (non-hydrogen) atoms. The highest BCUT2D eigenvalue weighted by atomic mass is 35.5. The molecule has 2 saturated heterocycles. The summed E-state index contributed by atoms with van der Waals surface area (Å²) in [6, 6.07) is 45.8. The lowest BCUT2D eigenvalue weighted by molar-refractivity contribution is 0.0640. The highest BCUT2D eigenvalue weighted by Gasteiger charge is 2.29. The number of amides is 2. The number of thiophene rings is 1. The lowest BCUT2D eigenvalue weighted by Gasteiger charge is -2.36. The molecule has 0 unspecified atom stereocenters. The summed E-state index contributed by atoms with van der Waals surface area (Å²) in [4.78, 5) is 36.6. The Hall–Kier alpha value is -5.89. The Morgan fingerprint density at radius 2 is 1.19 bits per heavy atom. The van der Waals surface area contributed by atoms with E-state index in [0.717, 1.165) is 54.5 Å². The van der Waals surface area contributed by atoms with Crippen molar-refractivity contribution in [3.8, 4) is 33.2 Å². The first kappa shape index (κ1) is 48.1. The Balaban J connectivity index is 0.000000172. The van der Waals surface area contributed by atoms with Gasteiger partial charge in [0.2, 0.25) is 0 Å². The number of benzene rings is 5. The lowest BCUT2D eigenvalue weighted by atomic mass is 10.1. The van der Waals surface area contributed by atoms with Gasteiger partial charge in [0, 0.05) is 75.2 Å². The van der Waals surface area contributed by atoms with Crippen molar-refractivity contribution in [3.63, 3.8) is 0 Å². The molecule has 0 spiro atoms. The summed E-state index contributed by atoms with van der Waals surface area (Å²) in [5.74, 6) is -0.137. The van der Waals surface area contributed by atoms with Gasteiger partial charge in [-0.2, -0.15) is 10.2 Å². The number of hydrogen-bond acceptors (Lipinski definition) is 7. The van der Waals surface area contributed by atoms with E-state index in [1.54, 1.807) is 38.9 Å². The number of hydrogen-bond donors (Lipinski definition) is 0. The third-order valence-corrected chi connectivity index (χ3v) is 14.4. The summed E-state index contributed by atoms with van der Waals surface area (Å²) in [5.41, 5.74) is 6.71. The molecule has 10 nitrogen and oxygen atoms in total. The van der Waals surface area contributed by atoms with Gasteiger partial charge in [0.15, 0.2) is 0 Å². The number of para-hydroxylation sites is 1. The Morgan fingerprint density at radius 3 is 1.87 bits per heavy atom. The molecule has 3 aromatic heterocycles. The first-order valence-electron chi connectivity index (χ1n) is 22.3. The molecular formula is C53H45Cl5N8O2S. The second kappa shape index (κ2) is 22.2. The third kappa shape index (κ3) is 11.4. The molecule has 5 aromatic carbocycles. The SMILES string of the molecule is O=C(c1cc(-c2ccccc2Cl)nn1-c1ccccc1Cl)N1CCN(C/C=C/c2ccccc2)CC1.O=C(c1cc(-c2cccs2)nn1-c1ccc(Cl)c(Cl)c1)N1CCN(c2cccc(Cl)c2)CC1. The Morgan fingerprint density at radius 1 is 0.536 bits per heavy atom. The topological polar surface area (TPSA) is 82.7 Å². The first-order valence-corrected chi connectivity index (χ1v) is 25.1. The van der Waals surface area contributed by atoms with Gasteiger partial charge in [-0.15, -0.1) is 11.3 Å². The van der Waals surface area contributed by atoms with Crippen LogP contribution in [0.4, 0.5) is 5.69 Å². The molecular weight excluding hydrogens is 990 g/mol. The van der Waals surface area contributed by atoms with Crippen LogP contribution in [0.2, 0.25) is 25.1 Å². The van der Waals surface area contributed by atoms with Gasteiger partial charge in [-0.25, -0.2) is 9.36 Å². The quantitative estimate of drug-likeness (QED) is 0.136. The van der Waals surface area contributed by atoms with E-state index in [0.29, 0.717) is 79.7 Å². The zero-order valence-corrected chi connectivity index (χ0v) is 41.7. The van der Waals surface area contributed by atoms with Gasteiger partial charge in [0.05, 0.1) is 42.0 Å². The molecule has 0 aliphatic carbocycles. The van der Waals surface area contributed by atoms with Crippen molar-refractivity contribution in [2.45, 2.75) is 0 Å². The second-order valence-electron chi connectivity index (χ2n) is 16.3. The molecule has 0 N–H and O–H groups in total. The molecule has 0 atom stereocenters. The molecule has 0 saturated carbocycles. The standard InChI is InChI=1S/C29H26Cl2N4O.C24H19Cl3N4OS/c30-24-13-5-4-12-23(24)26-21-28(35(32-26)27-15-7-6-14-25(27)31)29(36)34-19-17-33(18-20-34)16-8-11-22-9-2-1-3-10-22;25-16-3-1-4-17(13-16)29-8-10-30(11-9-29)24(32)22-15-21(23-5-2-12-33-23)28-31(22)18-6-7-19(26)20(27)14-18/h1-15,21H,16-20H2;1-7,12-15H,8-11H2/b11-8+;. The minimum Gasteiger partial charge on any atom is -0.368 e. The van der Waals surface area contributed by atoms with E-state index in [1.165, 1.54) is 5.56 Å². The molecule has 2 aliphatic rings. The summed E-state index contributed by atoms with van der Waals surface area (Å²) in [5, 5.41) is 14.2. The van der Waals surface area contributed by atoms with Gasteiger partial charge >= 0.3 is 0 Å². The molecule has 2 aliphatic heterocycles. The minimum absolute atomic E-state index is 0.0675. The van der Waals surface area contributed by atoms with Crippen LogP contribution in [0.3, 0.4) is 0 Å². The number of nitrogens with zero attached hydrogens (tertiary/aromatic N) is 8. The van der Waals surface area contributed by atoms with Gasteiger partial charge in [-0.1, -0.05) is 143 Å².